The van der Waals surface area contributed by atoms with Crippen molar-refractivity contribution in [1.29, 1.82) is 0 Å². The molecule has 2 rings (SSSR count). The van der Waals surface area contributed by atoms with Crippen LogP contribution in [0, 0.1) is 5.41 Å². The Morgan fingerprint density at radius 2 is 1.65 bits per heavy atom. The standard InChI is InChI=1S/C16H16Cl3N/c17-11-16(12-18,8-13-4-2-1-3-5-13)9-14-6-7-20-10-15(14)19/h1-7,10H,8-9,11-12H2. The molecule has 0 saturated heterocycles. The number of rotatable bonds is 6. The third-order valence-electron chi connectivity index (χ3n) is 3.41. The van der Waals surface area contributed by atoms with Crippen LogP contribution in [0.3, 0.4) is 0 Å². The Bertz CT molecular complexity index is 538. The van der Waals surface area contributed by atoms with Gasteiger partial charge in [0.15, 0.2) is 0 Å². The van der Waals surface area contributed by atoms with E-state index in [4.69, 9.17) is 34.8 Å². The molecule has 0 radical (unpaired) electrons. The number of nitrogens with zero attached hydrogens (tertiary/aromatic N) is 1. The molecule has 0 aliphatic rings. The molecule has 0 unspecified atom stereocenters. The Balaban J connectivity index is 2.23. The number of hydrogen-bond acceptors (Lipinski definition) is 1. The zero-order valence-electron chi connectivity index (χ0n) is 11.0. The van der Waals surface area contributed by atoms with Crippen LogP contribution in [0.5, 0.6) is 0 Å². The lowest BCUT2D eigenvalue weighted by Gasteiger charge is -2.30. The number of halogens is 3. The monoisotopic (exact) mass is 327 g/mol. The highest BCUT2D eigenvalue weighted by Crippen LogP contribution is 2.33. The van der Waals surface area contributed by atoms with Crippen molar-refractivity contribution in [3.05, 3.63) is 64.9 Å². The quantitative estimate of drug-likeness (QED) is 0.681. The smallest absolute Gasteiger partial charge is 0.0621 e. The summed E-state index contributed by atoms with van der Waals surface area (Å²) in [5.74, 6) is 0.980. The topological polar surface area (TPSA) is 12.9 Å². The lowest BCUT2D eigenvalue weighted by atomic mass is 9.80. The van der Waals surface area contributed by atoms with Gasteiger partial charge in [0.2, 0.25) is 0 Å². The van der Waals surface area contributed by atoms with Gasteiger partial charge in [-0.2, -0.15) is 0 Å². The van der Waals surface area contributed by atoms with E-state index in [1.54, 1.807) is 12.4 Å². The maximum absolute atomic E-state index is 6.23. The molecule has 1 aromatic carbocycles. The van der Waals surface area contributed by atoms with Crippen molar-refractivity contribution < 1.29 is 0 Å². The molecule has 106 valence electrons. The van der Waals surface area contributed by atoms with E-state index in [-0.39, 0.29) is 5.41 Å². The minimum atomic E-state index is -0.199. The second-order valence-electron chi connectivity index (χ2n) is 5.07. The van der Waals surface area contributed by atoms with Gasteiger partial charge in [-0.3, -0.25) is 4.98 Å². The molecule has 1 heterocycles. The maximum Gasteiger partial charge on any atom is 0.0621 e. The van der Waals surface area contributed by atoms with Crippen LogP contribution in [-0.2, 0) is 12.8 Å². The minimum Gasteiger partial charge on any atom is -0.263 e. The summed E-state index contributed by atoms with van der Waals surface area (Å²) in [6.07, 6.45) is 4.99. The van der Waals surface area contributed by atoms with Crippen molar-refractivity contribution in [2.24, 2.45) is 5.41 Å². The zero-order valence-corrected chi connectivity index (χ0v) is 13.3. The molecule has 0 spiro atoms. The van der Waals surface area contributed by atoms with Gasteiger partial charge >= 0.3 is 0 Å². The fourth-order valence-corrected chi connectivity index (χ4v) is 3.12. The van der Waals surface area contributed by atoms with Crippen molar-refractivity contribution in [3.63, 3.8) is 0 Å². The lowest BCUT2D eigenvalue weighted by Crippen LogP contribution is -2.31. The largest absolute Gasteiger partial charge is 0.263 e. The van der Waals surface area contributed by atoms with Crippen LogP contribution < -0.4 is 0 Å². The van der Waals surface area contributed by atoms with Crippen LogP contribution in [0.25, 0.3) is 0 Å². The molecular formula is C16H16Cl3N. The highest BCUT2D eigenvalue weighted by molar-refractivity contribution is 6.31. The first-order valence-electron chi connectivity index (χ1n) is 6.43. The highest BCUT2D eigenvalue weighted by Gasteiger charge is 2.30. The maximum atomic E-state index is 6.23. The average Bonchev–Trinajstić information content (AvgIpc) is 2.50. The molecule has 0 aliphatic carbocycles. The average molecular weight is 329 g/mol. The Hall–Kier alpha value is -0.760. The summed E-state index contributed by atoms with van der Waals surface area (Å²) < 4.78 is 0. The SMILES string of the molecule is ClCC(CCl)(Cc1ccccc1)Cc1ccncc1Cl. The van der Waals surface area contributed by atoms with Gasteiger partial charge in [-0.15, -0.1) is 23.2 Å². The van der Waals surface area contributed by atoms with Gasteiger partial charge in [0, 0.05) is 29.6 Å². The van der Waals surface area contributed by atoms with Crippen molar-refractivity contribution in [3.8, 4) is 0 Å². The number of benzene rings is 1. The van der Waals surface area contributed by atoms with Crippen LogP contribution in [0.15, 0.2) is 48.8 Å². The van der Waals surface area contributed by atoms with E-state index in [1.807, 2.05) is 24.3 Å². The van der Waals surface area contributed by atoms with E-state index in [1.165, 1.54) is 5.56 Å². The number of alkyl halides is 2. The third-order valence-corrected chi connectivity index (χ3v) is 4.89. The van der Waals surface area contributed by atoms with Crippen LogP contribution in [0.4, 0.5) is 0 Å². The Labute approximate surface area is 134 Å². The molecule has 4 heteroatoms. The summed E-state index contributed by atoms with van der Waals surface area (Å²) in [6.45, 7) is 0. The molecule has 0 atom stereocenters. The zero-order chi connectivity index (χ0) is 14.4. The van der Waals surface area contributed by atoms with Gasteiger partial charge in [-0.25, -0.2) is 0 Å². The number of pyridine rings is 1. The van der Waals surface area contributed by atoms with E-state index in [0.29, 0.717) is 16.8 Å². The molecule has 0 bridgehead atoms. The minimum absolute atomic E-state index is 0.199. The van der Waals surface area contributed by atoms with Crippen molar-refractivity contribution in [2.45, 2.75) is 12.8 Å². The molecule has 0 saturated carbocycles. The molecule has 20 heavy (non-hydrogen) atoms. The highest BCUT2D eigenvalue weighted by atomic mass is 35.5. The number of hydrogen-bond donors (Lipinski definition) is 0. The molecule has 0 N–H and O–H groups in total. The van der Waals surface area contributed by atoms with Crippen molar-refractivity contribution >= 4 is 34.8 Å². The molecule has 1 aromatic heterocycles. The van der Waals surface area contributed by atoms with E-state index < -0.39 is 0 Å². The van der Waals surface area contributed by atoms with E-state index in [9.17, 15) is 0 Å². The fourth-order valence-electron chi connectivity index (χ4n) is 2.27. The van der Waals surface area contributed by atoms with Gasteiger partial charge in [0.05, 0.1) is 5.02 Å². The first kappa shape index (κ1) is 15.6. The van der Waals surface area contributed by atoms with Gasteiger partial charge in [-0.1, -0.05) is 41.9 Å². The molecule has 0 fully saturated rings. The molecule has 1 nitrogen and oxygen atoms in total. The normalized spacial score (nSPS) is 11.6. The van der Waals surface area contributed by atoms with Gasteiger partial charge in [0.1, 0.15) is 0 Å². The summed E-state index contributed by atoms with van der Waals surface area (Å²) in [6, 6.07) is 12.2. The Kier molecular flexibility index (Phi) is 5.71. The molecule has 0 amide bonds. The van der Waals surface area contributed by atoms with E-state index in [2.05, 4.69) is 17.1 Å². The molecule has 2 aromatic rings. The van der Waals surface area contributed by atoms with Crippen molar-refractivity contribution in [1.82, 2.24) is 4.98 Å². The van der Waals surface area contributed by atoms with Crippen LogP contribution in [0.2, 0.25) is 5.02 Å². The van der Waals surface area contributed by atoms with Gasteiger partial charge in [0.25, 0.3) is 0 Å². The lowest BCUT2D eigenvalue weighted by molar-refractivity contribution is 0.374. The summed E-state index contributed by atoms with van der Waals surface area (Å²) in [5.41, 5.74) is 2.08. The van der Waals surface area contributed by atoms with Crippen LogP contribution in [-0.4, -0.2) is 16.7 Å². The van der Waals surface area contributed by atoms with Crippen LogP contribution >= 0.6 is 34.8 Å². The predicted octanol–water partition coefficient (Wildman–Crippen LogP) is 4.98. The van der Waals surface area contributed by atoms with Gasteiger partial charge in [-0.05, 0) is 30.0 Å². The summed E-state index contributed by atoms with van der Waals surface area (Å²) in [5, 5.41) is 0.667. The Morgan fingerprint density at radius 3 is 2.25 bits per heavy atom. The fraction of sp³-hybridized carbons (Fsp3) is 0.312. The first-order chi connectivity index (χ1) is 9.69. The molecule has 0 aliphatic heterocycles. The van der Waals surface area contributed by atoms with Crippen LogP contribution in [0.1, 0.15) is 11.1 Å². The third kappa shape index (κ3) is 3.88. The second kappa shape index (κ2) is 7.31. The number of aromatic nitrogens is 1. The second-order valence-corrected chi connectivity index (χ2v) is 6.02. The predicted molar refractivity (Wildman–Crippen MR) is 87.0 cm³/mol. The van der Waals surface area contributed by atoms with Crippen molar-refractivity contribution in [2.75, 3.05) is 11.8 Å². The molecular weight excluding hydrogens is 313 g/mol. The summed E-state index contributed by atoms with van der Waals surface area (Å²) in [7, 11) is 0. The summed E-state index contributed by atoms with van der Waals surface area (Å²) in [4.78, 5) is 4.01. The van der Waals surface area contributed by atoms with E-state index in [0.717, 1.165) is 18.4 Å². The van der Waals surface area contributed by atoms with Gasteiger partial charge < -0.3 is 0 Å². The Morgan fingerprint density at radius 1 is 0.950 bits per heavy atom. The first-order valence-corrected chi connectivity index (χ1v) is 7.88. The summed E-state index contributed by atoms with van der Waals surface area (Å²) >= 11 is 18.7. The van der Waals surface area contributed by atoms with E-state index >= 15 is 0 Å².